The molecule has 140 valence electrons. The van der Waals surface area contributed by atoms with Gasteiger partial charge < -0.3 is 16.0 Å². The molecule has 0 radical (unpaired) electrons. The van der Waals surface area contributed by atoms with Gasteiger partial charge in [-0.05, 0) is 31.4 Å². The fourth-order valence-electron chi connectivity index (χ4n) is 2.45. The van der Waals surface area contributed by atoms with E-state index in [1.165, 1.54) is 13.0 Å². The number of halogens is 4. The summed E-state index contributed by atoms with van der Waals surface area (Å²) < 4.78 is 50.1. The van der Waals surface area contributed by atoms with Gasteiger partial charge in [0.25, 0.3) is 0 Å². The first kappa shape index (κ1) is 23.1. The molecule has 0 fully saturated rings. The Morgan fingerprint density at radius 2 is 2.08 bits per heavy atom. The molecule has 0 aliphatic carbocycles. The average Bonchev–Trinajstić information content (AvgIpc) is 2.48. The summed E-state index contributed by atoms with van der Waals surface area (Å²) in [5.41, 5.74) is -0.401. The number of ether oxygens (including phenoxy) is 2. The van der Waals surface area contributed by atoms with E-state index in [0.29, 0.717) is 18.1 Å². The Hall–Kier alpha value is -0.890. The maximum Gasteiger partial charge on any atom is 1.00 e. The third kappa shape index (κ3) is 5.09. The third-order valence-electron chi connectivity index (χ3n) is 3.76. The minimum atomic E-state index is -4.85. The Labute approximate surface area is 178 Å². The van der Waals surface area contributed by atoms with Crippen molar-refractivity contribution in [3.05, 3.63) is 27.8 Å². The van der Waals surface area contributed by atoms with Crippen molar-refractivity contribution in [2.45, 2.75) is 39.5 Å². The van der Waals surface area contributed by atoms with Gasteiger partial charge in [-0.2, -0.15) is 13.2 Å². The summed E-state index contributed by atoms with van der Waals surface area (Å²) in [6.45, 7) is 5.91. The van der Waals surface area contributed by atoms with Crippen LogP contribution >= 0.6 is 11.6 Å². The molecule has 0 aromatic heterocycles. The van der Waals surface area contributed by atoms with Crippen LogP contribution in [0.4, 0.5) is 13.2 Å². The van der Waals surface area contributed by atoms with Gasteiger partial charge in [-0.15, -0.1) is 0 Å². The van der Waals surface area contributed by atoms with Gasteiger partial charge in [0.2, 0.25) is 6.10 Å². The number of fused-ring (bicyclic) bond motifs is 1. The van der Waals surface area contributed by atoms with Crippen LogP contribution in [0.1, 0.15) is 32.8 Å². The number of hydrogen-bond donors (Lipinski definition) is 1. The third-order valence-corrected chi connectivity index (χ3v) is 4.04. The van der Waals surface area contributed by atoms with E-state index in [9.17, 15) is 18.0 Å². The second kappa shape index (κ2) is 8.87. The molecule has 0 saturated carbocycles. The van der Waals surface area contributed by atoms with E-state index >= 15 is 0 Å². The summed E-state index contributed by atoms with van der Waals surface area (Å²) in [4.78, 5) is 11.2. The SMILES string of the molecule is Cc1c(OCCC(C)C)c(Cl)cc2c1O[C@H](C(F)(F)F)C(C(=O)O)=C2.[H-].[Na+]. The molecule has 1 aromatic carbocycles. The topological polar surface area (TPSA) is 55.8 Å². The van der Waals surface area contributed by atoms with Crippen LogP contribution in [0.15, 0.2) is 11.6 Å². The van der Waals surface area contributed by atoms with E-state index in [-0.39, 0.29) is 53.1 Å². The zero-order chi connectivity index (χ0) is 18.9. The maximum absolute atomic E-state index is 13.2. The Morgan fingerprint density at radius 3 is 2.58 bits per heavy atom. The molecule has 1 heterocycles. The molecule has 0 bridgehead atoms. The summed E-state index contributed by atoms with van der Waals surface area (Å²) in [7, 11) is 0. The summed E-state index contributed by atoms with van der Waals surface area (Å²) >= 11 is 6.16. The summed E-state index contributed by atoms with van der Waals surface area (Å²) in [5.74, 6) is -1.13. The normalized spacial score (nSPS) is 16.3. The Kier molecular flexibility index (Phi) is 7.89. The van der Waals surface area contributed by atoms with Crippen molar-refractivity contribution < 1.29 is 63.5 Å². The molecule has 26 heavy (non-hydrogen) atoms. The summed E-state index contributed by atoms with van der Waals surface area (Å²) in [5, 5.41) is 9.24. The van der Waals surface area contributed by atoms with Gasteiger partial charge in [-0.3, -0.25) is 0 Å². The van der Waals surface area contributed by atoms with Gasteiger partial charge in [0.1, 0.15) is 11.5 Å². The van der Waals surface area contributed by atoms with Crippen LogP contribution in [-0.4, -0.2) is 30.0 Å². The van der Waals surface area contributed by atoms with Crippen molar-refractivity contribution in [2.75, 3.05) is 6.61 Å². The zero-order valence-corrected chi connectivity index (χ0v) is 17.7. The van der Waals surface area contributed by atoms with Crippen LogP contribution in [0.25, 0.3) is 6.08 Å². The quantitative estimate of drug-likeness (QED) is 0.765. The van der Waals surface area contributed by atoms with Gasteiger partial charge in [0, 0.05) is 11.1 Å². The minimum absolute atomic E-state index is 0. The van der Waals surface area contributed by atoms with Gasteiger partial charge in [-0.25, -0.2) is 4.79 Å². The van der Waals surface area contributed by atoms with Crippen LogP contribution in [0, 0.1) is 12.8 Å². The van der Waals surface area contributed by atoms with Crippen molar-refractivity contribution in [1.29, 1.82) is 0 Å². The van der Waals surface area contributed by atoms with Crippen molar-refractivity contribution >= 4 is 23.6 Å². The summed E-state index contributed by atoms with van der Waals surface area (Å²) in [6.07, 6.45) is -5.70. The maximum atomic E-state index is 13.2. The van der Waals surface area contributed by atoms with Crippen molar-refractivity contribution in [3.8, 4) is 11.5 Å². The molecule has 1 aromatic rings. The van der Waals surface area contributed by atoms with E-state index in [4.69, 9.17) is 26.2 Å². The number of carboxylic acids is 1. The second-order valence-electron chi connectivity index (χ2n) is 6.21. The number of carboxylic acid groups (broad SMARTS) is 1. The van der Waals surface area contributed by atoms with E-state index in [0.717, 1.165) is 12.5 Å². The number of aliphatic carboxylic acids is 1. The van der Waals surface area contributed by atoms with Gasteiger partial charge in [0.05, 0.1) is 17.2 Å². The van der Waals surface area contributed by atoms with Crippen LogP contribution in [0.2, 0.25) is 5.02 Å². The van der Waals surface area contributed by atoms with Crippen LogP contribution in [0.3, 0.4) is 0 Å². The molecule has 9 heteroatoms. The van der Waals surface area contributed by atoms with Crippen LogP contribution in [-0.2, 0) is 4.79 Å². The fourth-order valence-corrected chi connectivity index (χ4v) is 2.76. The molecule has 0 amide bonds. The van der Waals surface area contributed by atoms with Crippen LogP contribution in [0.5, 0.6) is 11.5 Å². The molecule has 4 nitrogen and oxygen atoms in total. The summed E-state index contributed by atoms with van der Waals surface area (Å²) in [6, 6.07) is 1.35. The fraction of sp³-hybridized carbons (Fsp3) is 0.471. The first-order valence-corrected chi connectivity index (χ1v) is 8.04. The molecule has 1 atom stereocenters. The molecule has 0 saturated heterocycles. The van der Waals surface area contributed by atoms with Crippen LogP contribution < -0.4 is 39.0 Å². The Balaban J connectivity index is 0.00000338. The molecule has 1 aliphatic rings. The van der Waals surface area contributed by atoms with E-state index in [2.05, 4.69) is 0 Å². The molecular formula is C17H19ClF3NaO4. The molecule has 2 rings (SSSR count). The van der Waals surface area contributed by atoms with E-state index in [1.807, 2.05) is 13.8 Å². The predicted octanol–water partition coefficient (Wildman–Crippen LogP) is 1.98. The number of benzene rings is 1. The first-order chi connectivity index (χ1) is 11.5. The Bertz CT molecular complexity index is 723. The predicted molar refractivity (Wildman–Crippen MR) is 88.3 cm³/mol. The number of carbonyl (C=O) groups is 1. The monoisotopic (exact) mass is 402 g/mol. The van der Waals surface area contributed by atoms with E-state index < -0.39 is 23.8 Å². The standard InChI is InChI=1S/C17H18ClF3O4.Na.H/c1-8(2)4-5-24-14-9(3)13-10(7-12(14)18)6-11(16(22)23)15(25-13)17(19,20)21;;/h6-8,15H,4-5H2,1-3H3,(H,22,23);;/q;+1;-1/t15-;;/m0../s1. The number of alkyl halides is 3. The van der Waals surface area contributed by atoms with Crippen molar-refractivity contribution in [3.63, 3.8) is 0 Å². The van der Waals surface area contributed by atoms with E-state index in [1.54, 1.807) is 0 Å². The second-order valence-corrected chi connectivity index (χ2v) is 6.61. The Morgan fingerprint density at radius 1 is 1.46 bits per heavy atom. The molecule has 1 N–H and O–H groups in total. The molecule has 0 unspecified atom stereocenters. The van der Waals surface area contributed by atoms with Crippen molar-refractivity contribution in [1.82, 2.24) is 0 Å². The molecule has 0 spiro atoms. The largest absolute Gasteiger partial charge is 1.00 e. The zero-order valence-electron chi connectivity index (χ0n) is 15.9. The van der Waals surface area contributed by atoms with Gasteiger partial charge in [0.15, 0.2) is 0 Å². The minimum Gasteiger partial charge on any atom is -1.00 e. The average molecular weight is 403 g/mol. The smallest absolute Gasteiger partial charge is 1.00 e. The van der Waals surface area contributed by atoms with Gasteiger partial charge in [-0.1, -0.05) is 25.4 Å². The van der Waals surface area contributed by atoms with Gasteiger partial charge >= 0.3 is 41.7 Å². The van der Waals surface area contributed by atoms with Crippen molar-refractivity contribution in [2.24, 2.45) is 5.92 Å². The first-order valence-electron chi connectivity index (χ1n) is 7.66. The molecular weight excluding hydrogens is 384 g/mol. The number of hydrogen-bond acceptors (Lipinski definition) is 3. The molecule has 1 aliphatic heterocycles. The number of rotatable bonds is 5.